The van der Waals surface area contributed by atoms with Gasteiger partial charge in [0.2, 0.25) is 0 Å². The van der Waals surface area contributed by atoms with E-state index >= 15 is 0 Å². The van der Waals surface area contributed by atoms with E-state index in [0.717, 1.165) is 11.1 Å². The number of rotatable bonds is 3. The van der Waals surface area contributed by atoms with Crippen LogP contribution in [0.2, 0.25) is 10.3 Å². The molecule has 0 unspecified atom stereocenters. The maximum Gasteiger partial charge on any atom is 0.166 e. The van der Waals surface area contributed by atoms with Crippen LogP contribution < -0.4 is 5.73 Å². The van der Waals surface area contributed by atoms with Crippen LogP contribution in [0.15, 0.2) is 30.6 Å². The van der Waals surface area contributed by atoms with Crippen molar-refractivity contribution in [2.45, 2.75) is 13.1 Å². The molecule has 0 aliphatic carbocycles. The van der Waals surface area contributed by atoms with Crippen molar-refractivity contribution in [2.24, 2.45) is 5.73 Å². The number of nitrogens with zero attached hydrogens (tertiary/aromatic N) is 2. The topological polar surface area (TPSA) is 43.8 Å². The largest absolute Gasteiger partial charge is 0.326 e. The highest BCUT2D eigenvalue weighted by molar-refractivity contribution is 6.40. The lowest BCUT2D eigenvalue weighted by molar-refractivity contribution is 0.796. The van der Waals surface area contributed by atoms with Crippen LogP contribution in [0.25, 0.3) is 0 Å². The summed E-state index contributed by atoms with van der Waals surface area (Å²) in [5.41, 5.74) is 7.80. The quantitative estimate of drug-likeness (QED) is 0.917. The summed E-state index contributed by atoms with van der Waals surface area (Å²) >= 11 is 11.7. The molecule has 5 heteroatoms. The lowest BCUT2D eigenvalue weighted by Gasteiger charge is -2.05. The monoisotopic (exact) mass is 255 g/mol. The summed E-state index contributed by atoms with van der Waals surface area (Å²) in [6, 6.07) is 8.03. The van der Waals surface area contributed by atoms with Crippen molar-refractivity contribution in [3.8, 4) is 0 Å². The van der Waals surface area contributed by atoms with Gasteiger partial charge in [0.1, 0.15) is 5.15 Å². The molecule has 0 saturated heterocycles. The minimum Gasteiger partial charge on any atom is -0.326 e. The van der Waals surface area contributed by atoms with Crippen molar-refractivity contribution in [3.63, 3.8) is 0 Å². The van der Waals surface area contributed by atoms with E-state index in [2.05, 4.69) is 4.98 Å². The molecule has 2 N–H and O–H groups in total. The van der Waals surface area contributed by atoms with Crippen LogP contribution in [0.5, 0.6) is 0 Å². The highest BCUT2D eigenvalue weighted by Crippen LogP contribution is 2.20. The Labute approximate surface area is 104 Å². The Balaban J connectivity index is 2.23. The SMILES string of the molecule is NCc1cccc(Cn2cnc(Cl)c2Cl)c1. The number of benzene rings is 1. The summed E-state index contributed by atoms with van der Waals surface area (Å²) < 4.78 is 1.79. The zero-order valence-electron chi connectivity index (χ0n) is 8.53. The summed E-state index contributed by atoms with van der Waals surface area (Å²) in [5, 5.41) is 0.788. The van der Waals surface area contributed by atoms with Gasteiger partial charge in [0.05, 0.1) is 6.33 Å². The van der Waals surface area contributed by atoms with Crippen molar-refractivity contribution in [1.82, 2.24) is 9.55 Å². The first-order valence-electron chi connectivity index (χ1n) is 4.84. The molecule has 0 aliphatic heterocycles. The minimum atomic E-state index is 0.330. The van der Waals surface area contributed by atoms with Crippen LogP contribution in [-0.4, -0.2) is 9.55 Å². The molecule has 0 spiro atoms. The smallest absolute Gasteiger partial charge is 0.166 e. The second kappa shape index (κ2) is 4.87. The second-order valence-corrected chi connectivity index (χ2v) is 4.19. The number of nitrogens with two attached hydrogens (primary N) is 1. The minimum absolute atomic E-state index is 0.330. The van der Waals surface area contributed by atoms with Gasteiger partial charge in [0.15, 0.2) is 5.15 Å². The summed E-state index contributed by atoms with van der Waals surface area (Å²) in [4.78, 5) is 3.93. The van der Waals surface area contributed by atoms with Crippen LogP contribution in [0.3, 0.4) is 0 Å². The van der Waals surface area contributed by atoms with Crippen molar-refractivity contribution in [1.29, 1.82) is 0 Å². The fraction of sp³-hybridized carbons (Fsp3) is 0.182. The molecular weight excluding hydrogens is 245 g/mol. The predicted octanol–water partition coefficient (Wildman–Crippen LogP) is 2.70. The van der Waals surface area contributed by atoms with Gasteiger partial charge < -0.3 is 10.3 Å². The number of hydrogen-bond donors (Lipinski definition) is 1. The van der Waals surface area contributed by atoms with Crippen molar-refractivity contribution in [2.75, 3.05) is 0 Å². The average molecular weight is 256 g/mol. The molecule has 0 atom stereocenters. The van der Waals surface area contributed by atoms with Crippen molar-refractivity contribution < 1.29 is 0 Å². The van der Waals surface area contributed by atoms with Crippen LogP contribution in [-0.2, 0) is 13.1 Å². The maximum atomic E-state index is 5.98. The molecule has 0 saturated carbocycles. The Morgan fingerprint density at radius 1 is 1.25 bits per heavy atom. The zero-order chi connectivity index (χ0) is 11.5. The fourth-order valence-electron chi connectivity index (χ4n) is 1.50. The maximum absolute atomic E-state index is 5.98. The first-order chi connectivity index (χ1) is 7.70. The molecule has 0 aliphatic rings. The van der Waals surface area contributed by atoms with Crippen LogP contribution >= 0.6 is 23.2 Å². The van der Waals surface area contributed by atoms with Gasteiger partial charge in [0, 0.05) is 13.1 Å². The van der Waals surface area contributed by atoms with Crippen LogP contribution in [0.1, 0.15) is 11.1 Å². The molecule has 0 bridgehead atoms. The summed E-state index contributed by atoms with van der Waals surface area (Å²) in [7, 11) is 0. The van der Waals surface area contributed by atoms with Crippen molar-refractivity contribution in [3.05, 3.63) is 52.0 Å². The first-order valence-corrected chi connectivity index (χ1v) is 5.60. The third-order valence-corrected chi connectivity index (χ3v) is 3.08. The van der Waals surface area contributed by atoms with E-state index in [1.807, 2.05) is 24.3 Å². The molecule has 0 amide bonds. The second-order valence-electron chi connectivity index (χ2n) is 3.48. The Morgan fingerprint density at radius 3 is 2.62 bits per heavy atom. The number of aromatic nitrogens is 2. The number of hydrogen-bond acceptors (Lipinski definition) is 2. The summed E-state index contributed by atoms with van der Waals surface area (Å²) in [6.07, 6.45) is 1.62. The average Bonchev–Trinajstić information content (AvgIpc) is 2.61. The highest BCUT2D eigenvalue weighted by Gasteiger charge is 2.06. The van der Waals surface area contributed by atoms with Crippen molar-refractivity contribution >= 4 is 23.2 Å². The van der Waals surface area contributed by atoms with E-state index in [0.29, 0.717) is 23.4 Å². The zero-order valence-corrected chi connectivity index (χ0v) is 10.0. The Bertz CT molecular complexity index is 494. The molecule has 2 aromatic rings. The summed E-state index contributed by atoms with van der Waals surface area (Å²) in [6.45, 7) is 1.18. The van der Waals surface area contributed by atoms with Gasteiger partial charge >= 0.3 is 0 Å². The van der Waals surface area contributed by atoms with Gasteiger partial charge in [0.25, 0.3) is 0 Å². The number of halogens is 2. The number of imidazole rings is 1. The Hall–Kier alpha value is -1.03. The molecule has 0 radical (unpaired) electrons. The van der Waals surface area contributed by atoms with Crippen LogP contribution in [0, 0.1) is 0 Å². The Morgan fingerprint density at radius 2 is 2.00 bits per heavy atom. The third kappa shape index (κ3) is 2.38. The van der Waals surface area contributed by atoms with Gasteiger partial charge in [-0.1, -0.05) is 47.5 Å². The lowest BCUT2D eigenvalue weighted by atomic mass is 10.1. The van der Waals surface area contributed by atoms with E-state index in [9.17, 15) is 0 Å². The molecule has 1 aromatic carbocycles. The van der Waals surface area contributed by atoms with Gasteiger partial charge in [-0.05, 0) is 11.1 Å². The lowest BCUT2D eigenvalue weighted by Crippen LogP contribution is -2.01. The molecule has 1 aromatic heterocycles. The molecule has 1 heterocycles. The molecule has 3 nitrogen and oxygen atoms in total. The standard InChI is InChI=1S/C11H11Cl2N3/c12-10-11(13)16(7-15-10)6-9-3-1-2-8(4-9)5-14/h1-4,7H,5-6,14H2. The van der Waals surface area contributed by atoms with E-state index in [4.69, 9.17) is 28.9 Å². The van der Waals surface area contributed by atoms with E-state index in [-0.39, 0.29) is 0 Å². The van der Waals surface area contributed by atoms with Gasteiger partial charge in [-0.3, -0.25) is 0 Å². The molecule has 0 fully saturated rings. The summed E-state index contributed by atoms with van der Waals surface area (Å²) in [5.74, 6) is 0. The third-order valence-electron chi connectivity index (χ3n) is 2.31. The molecule has 84 valence electrons. The molecule has 16 heavy (non-hydrogen) atoms. The Kier molecular flexibility index (Phi) is 3.49. The molecular formula is C11H11Cl2N3. The van der Waals surface area contributed by atoms with E-state index in [1.54, 1.807) is 10.9 Å². The van der Waals surface area contributed by atoms with Crippen LogP contribution in [0.4, 0.5) is 0 Å². The fourth-order valence-corrected chi connectivity index (χ4v) is 1.81. The first kappa shape index (κ1) is 11.5. The van der Waals surface area contributed by atoms with Gasteiger partial charge in [-0.25, -0.2) is 4.98 Å². The highest BCUT2D eigenvalue weighted by atomic mass is 35.5. The van der Waals surface area contributed by atoms with E-state index in [1.165, 1.54) is 0 Å². The molecule has 2 rings (SSSR count). The van der Waals surface area contributed by atoms with E-state index < -0.39 is 0 Å². The van der Waals surface area contributed by atoms with Gasteiger partial charge in [-0.2, -0.15) is 0 Å². The predicted molar refractivity (Wildman–Crippen MR) is 65.7 cm³/mol. The van der Waals surface area contributed by atoms with Gasteiger partial charge in [-0.15, -0.1) is 0 Å². The normalized spacial score (nSPS) is 10.7.